The third kappa shape index (κ3) is 3.38. The molecular weight excluding hydrogens is 372 g/mol. The zero-order chi connectivity index (χ0) is 20.5. The molecule has 0 saturated heterocycles. The van der Waals surface area contributed by atoms with E-state index in [4.69, 9.17) is 0 Å². The van der Waals surface area contributed by atoms with Gasteiger partial charge in [0.05, 0.1) is 23.4 Å². The number of benzene rings is 2. The Morgan fingerprint density at radius 1 is 1.00 bits per heavy atom. The molecule has 0 saturated carbocycles. The second-order valence-electron chi connectivity index (χ2n) is 6.79. The molecule has 0 spiro atoms. The third-order valence-corrected chi connectivity index (χ3v) is 4.89. The molecule has 146 valence electrons. The van der Waals surface area contributed by atoms with Gasteiger partial charge in [0.25, 0.3) is 11.8 Å². The summed E-state index contributed by atoms with van der Waals surface area (Å²) >= 11 is 0. The molecule has 0 radical (unpaired) electrons. The normalized spacial score (nSPS) is 13.0. The summed E-state index contributed by atoms with van der Waals surface area (Å²) in [5.74, 6) is -0.987. The zero-order valence-corrected chi connectivity index (χ0v) is 15.9. The van der Waals surface area contributed by atoms with Gasteiger partial charge in [0.1, 0.15) is 6.54 Å². The van der Waals surface area contributed by atoms with Gasteiger partial charge in [-0.05, 0) is 59.7 Å². The molecule has 0 atom stereocenters. The third-order valence-electron chi connectivity index (χ3n) is 4.89. The Morgan fingerprint density at radius 2 is 1.69 bits per heavy atom. The molecule has 0 aliphatic carbocycles. The highest BCUT2D eigenvalue weighted by Gasteiger charge is 2.36. The second kappa shape index (κ2) is 7.27. The minimum atomic E-state index is -0.478. The van der Waals surface area contributed by atoms with E-state index in [0.717, 1.165) is 21.7 Å². The lowest BCUT2D eigenvalue weighted by atomic mass is 10.1. The predicted octanol–water partition coefficient (Wildman–Crippen LogP) is 1.19. The maximum atomic E-state index is 12.4. The average Bonchev–Trinajstić information content (AvgIpc) is 3.28. The number of hydrogen-bond donors (Lipinski definition) is 1. The molecule has 0 fully saturated rings. The Hall–Kier alpha value is -3.88. The van der Waals surface area contributed by atoms with Crippen LogP contribution >= 0.6 is 0 Å². The van der Waals surface area contributed by atoms with Crippen LogP contribution in [0.25, 0.3) is 5.69 Å². The number of tetrazole rings is 1. The molecule has 1 aliphatic rings. The summed E-state index contributed by atoms with van der Waals surface area (Å²) in [6.45, 7) is 3.70. The quantitative estimate of drug-likeness (QED) is 0.656. The molecule has 0 unspecified atom stereocenters. The first-order valence-corrected chi connectivity index (χ1v) is 9.02. The van der Waals surface area contributed by atoms with Crippen molar-refractivity contribution in [1.82, 2.24) is 30.4 Å². The maximum Gasteiger partial charge on any atom is 0.262 e. The fourth-order valence-electron chi connectivity index (χ4n) is 3.13. The summed E-state index contributed by atoms with van der Waals surface area (Å²) in [7, 11) is 0. The van der Waals surface area contributed by atoms with Crippen LogP contribution in [0.3, 0.4) is 0 Å². The molecule has 3 amide bonds. The SMILES string of the molecule is Cc1ccc(-n2nnnc2CNC(=O)CN2C(=O)c3ccccc3C2=O)cc1C. The van der Waals surface area contributed by atoms with E-state index in [1.165, 1.54) is 4.68 Å². The number of nitrogens with zero attached hydrogens (tertiary/aromatic N) is 5. The lowest BCUT2D eigenvalue weighted by Crippen LogP contribution is -2.40. The molecule has 1 aromatic heterocycles. The number of imide groups is 1. The monoisotopic (exact) mass is 390 g/mol. The molecule has 4 rings (SSSR count). The number of hydrogen-bond acceptors (Lipinski definition) is 6. The van der Waals surface area contributed by atoms with E-state index in [1.54, 1.807) is 24.3 Å². The molecule has 3 aromatic rings. The van der Waals surface area contributed by atoms with Crippen LogP contribution in [-0.2, 0) is 11.3 Å². The highest BCUT2D eigenvalue weighted by Crippen LogP contribution is 2.22. The van der Waals surface area contributed by atoms with Crippen LogP contribution in [0, 0.1) is 13.8 Å². The molecule has 1 N–H and O–H groups in total. The molecule has 9 heteroatoms. The number of rotatable bonds is 5. The zero-order valence-electron chi connectivity index (χ0n) is 15.9. The largest absolute Gasteiger partial charge is 0.347 e. The number of aromatic nitrogens is 4. The van der Waals surface area contributed by atoms with Gasteiger partial charge in [-0.2, -0.15) is 4.68 Å². The van der Waals surface area contributed by atoms with E-state index in [-0.39, 0.29) is 13.1 Å². The molecule has 2 aromatic carbocycles. The lowest BCUT2D eigenvalue weighted by Gasteiger charge is -2.13. The molecule has 2 heterocycles. The highest BCUT2D eigenvalue weighted by molar-refractivity contribution is 6.22. The molecule has 29 heavy (non-hydrogen) atoms. The number of amides is 3. The van der Waals surface area contributed by atoms with E-state index in [9.17, 15) is 14.4 Å². The number of fused-ring (bicyclic) bond motifs is 1. The highest BCUT2D eigenvalue weighted by atomic mass is 16.2. The standard InChI is InChI=1S/C20H18N6O3/c1-12-7-8-14(9-13(12)2)26-17(22-23-24-26)10-21-18(27)11-25-19(28)15-5-3-4-6-16(15)20(25)29/h3-9H,10-11H2,1-2H3,(H,21,27). The Balaban J connectivity index is 1.43. The first-order valence-electron chi connectivity index (χ1n) is 9.02. The second-order valence-corrected chi connectivity index (χ2v) is 6.79. The topological polar surface area (TPSA) is 110 Å². The Labute approximate surface area is 166 Å². The van der Waals surface area contributed by atoms with Gasteiger partial charge in [-0.15, -0.1) is 5.10 Å². The van der Waals surface area contributed by atoms with Gasteiger partial charge in [-0.3, -0.25) is 19.3 Å². The maximum absolute atomic E-state index is 12.4. The van der Waals surface area contributed by atoms with Crippen LogP contribution in [0.15, 0.2) is 42.5 Å². The van der Waals surface area contributed by atoms with Gasteiger partial charge in [0, 0.05) is 0 Å². The van der Waals surface area contributed by atoms with Gasteiger partial charge >= 0.3 is 0 Å². The minimum absolute atomic E-state index is 0.0575. The van der Waals surface area contributed by atoms with Crippen molar-refractivity contribution < 1.29 is 14.4 Å². The molecular formula is C20H18N6O3. The Kier molecular flexibility index (Phi) is 4.63. The van der Waals surface area contributed by atoms with E-state index in [0.29, 0.717) is 17.0 Å². The lowest BCUT2D eigenvalue weighted by molar-refractivity contribution is -0.121. The first kappa shape index (κ1) is 18.5. The number of nitrogens with one attached hydrogen (secondary N) is 1. The summed E-state index contributed by atoms with van der Waals surface area (Å²) < 4.78 is 1.54. The van der Waals surface area contributed by atoms with Crippen molar-refractivity contribution in [2.24, 2.45) is 0 Å². The van der Waals surface area contributed by atoms with E-state index < -0.39 is 17.7 Å². The summed E-state index contributed by atoms with van der Waals surface area (Å²) in [5, 5.41) is 14.3. The van der Waals surface area contributed by atoms with E-state index in [2.05, 4.69) is 20.8 Å². The number of carbonyl (C=O) groups is 3. The van der Waals surface area contributed by atoms with Crippen molar-refractivity contribution in [2.45, 2.75) is 20.4 Å². The predicted molar refractivity (Wildman–Crippen MR) is 102 cm³/mol. The van der Waals surface area contributed by atoms with Crippen LogP contribution in [0.1, 0.15) is 37.7 Å². The van der Waals surface area contributed by atoms with Gasteiger partial charge in [-0.25, -0.2) is 0 Å². The average molecular weight is 390 g/mol. The van der Waals surface area contributed by atoms with Gasteiger partial charge in [0.2, 0.25) is 5.91 Å². The van der Waals surface area contributed by atoms with Gasteiger partial charge in [-0.1, -0.05) is 18.2 Å². The van der Waals surface area contributed by atoms with Crippen LogP contribution in [0.5, 0.6) is 0 Å². The summed E-state index contributed by atoms with van der Waals surface area (Å²) in [4.78, 5) is 38.0. The van der Waals surface area contributed by atoms with Crippen LogP contribution in [-0.4, -0.2) is 49.4 Å². The van der Waals surface area contributed by atoms with Gasteiger partial charge < -0.3 is 5.32 Å². The van der Waals surface area contributed by atoms with E-state index >= 15 is 0 Å². The Morgan fingerprint density at radius 3 is 2.34 bits per heavy atom. The summed E-state index contributed by atoms with van der Waals surface area (Å²) in [6, 6.07) is 12.3. The van der Waals surface area contributed by atoms with Crippen LogP contribution < -0.4 is 5.32 Å². The molecule has 0 bridgehead atoms. The summed E-state index contributed by atoms with van der Waals surface area (Å²) in [5.41, 5.74) is 3.65. The first-order chi connectivity index (χ1) is 14.0. The smallest absolute Gasteiger partial charge is 0.262 e. The van der Waals surface area contributed by atoms with E-state index in [1.807, 2.05) is 32.0 Å². The summed E-state index contributed by atoms with van der Waals surface area (Å²) in [6.07, 6.45) is 0. The number of carbonyl (C=O) groups excluding carboxylic acids is 3. The fraction of sp³-hybridized carbons (Fsp3) is 0.200. The fourth-order valence-corrected chi connectivity index (χ4v) is 3.13. The van der Waals surface area contributed by atoms with Crippen molar-refractivity contribution in [3.8, 4) is 5.69 Å². The molecule has 9 nitrogen and oxygen atoms in total. The van der Waals surface area contributed by atoms with Crippen molar-refractivity contribution in [3.05, 3.63) is 70.5 Å². The minimum Gasteiger partial charge on any atom is -0.347 e. The van der Waals surface area contributed by atoms with Crippen molar-refractivity contribution in [2.75, 3.05) is 6.54 Å². The van der Waals surface area contributed by atoms with Crippen LogP contribution in [0.4, 0.5) is 0 Å². The molecule has 1 aliphatic heterocycles. The van der Waals surface area contributed by atoms with Crippen molar-refractivity contribution >= 4 is 17.7 Å². The number of aryl methyl sites for hydroxylation is 2. The Bertz CT molecular complexity index is 1100. The van der Waals surface area contributed by atoms with Gasteiger partial charge in [0.15, 0.2) is 5.82 Å². The van der Waals surface area contributed by atoms with Crippen molar-refractivity contribution in [1.29, 1.82) is 0 Å². The van der Waals surface area contributed by atoms with Crippen LogP contribution in [0.2, 0.25) is 0 Å². The van der Waals surface area contributed by atoms with Crippen molar-refractivity contribution in [3.63, 3.8) is 0 Å².